The largest absolute Gasteiger partial charge is 0.347 e. The molecule has 0 aliphatic carbocycles. The van der Waals surface area contributed by atoms with Gasteiger partial charge in [0.2, 0.25) is 5.91 Å². The van der Waals surface area contributed by atoms with Crippen LogP contribution >= 0.6 is 0 Å². The van der Waals surface area contributed by atoms with Gasteiger partial charge in [0.1, 0.15) is 12.4 Å². The van der Waals surface area contributed by atoms with Gasteiger partial charge < -0.3 is 11.1 Å². The number of carbonyl (C=O) groups is 1. The molecule has 0 saturated heterocycles. The summed E-state index contributed by atoms with van der Waals surface area (Å²) >= 11 is 0. The van der Waals surface area contributed by atoms with Crippen molar-refractivity contribution in [1.82, 2.24) is 20.1 Å². The highest BCUT2D eigenvalue weighted by molar-refractivity contribution is 5.82. The van der Waals surface area contributed by atoms with E-state index < -0.39 is 6.04 Å². The van der Waals surface area contributed by atoms with Crippen molar-refractivity contribution in [3.63, 3.8) is 0 Å². The zero-order chi connectivity index (χ0) is 13.0. The minimum absolute atomic E-state index is 0.242. The van der Waals surface area contributed by atoms with E-state index in [1.807, 2.05) is 30.3 Å². The number of nitrogens with one attached hydrogen (secondary N) is 1. The molecule has 0 fully saturated rings. The highest BCUT2D eigenvalue weighted by atomic mass is 16.2. The van der Waals surface area contributed by atoms with Gasteiger partial charge in [-0.2, -0.15) is 5.10 Å². The number of hydrogen-bond acceptors (Lipinski definition) is 4. The fourth-order valence-corrected chi connectivity index (χ4v) is 1.55. The lowest BCUT2D eigenvalue weighted by Gasteiger charge is -2.11. The summed E-state index contributed by atoms with van der Waals surface area (Å²) in [6.45, 7) is 0.278. The predicted molar refractivity (Wildman–Crippen MR) is 66.2 cm³/mol. The molecular formula is C12H15N5O. The number of carbonyl (C=O) groups excluding carboxylic acids is 1. The molecule has 0 bridgehead atoms. The standard InChI is InChI=1S/C12H15N5O/c1-17-8-15-10(16-17)7-14-12(18)11(13)9-5-3-2-4-6-9/h2-6,8,11H,7,13H2,1H3,(H,14,18)/t11-/m0/s1. The van der Waals surface area contributed by atoms with E-state index in [9.17, 15) is 4.79 Å². The highest BCUT2D eigenvalue weighted by Gasteiger charge is 2.15. The number of hydrogen-bond donors (Lipinski definition) is 2. The molecule has 94 valence electrons. The van der Waals surface area contributed by atoms with E-state index in [1.165, 1.54) is 0 Å². The van der Waals surface area contributed by atoms with Crippen molar-refractivity contribution in [1.29, 1.82) is 0 Å². The summed E-state index contributed by atoms with van der Waals surface area (Å²) in [5.74, 6) is 0.319. The first-order chi connectivity index (χ1) is 8.66. The maximum absolute atomic E-state index is 11.8. The van der Waals surface area contributed by atoms with Crippen molar-refractivity contribution < 1.29 is 4.79 Å². The number of benzene rings is 1. The van der Waals surface area contributed by atoms with E-state index >= 15 is 0 Å². The van der Waals surface area contributed by atoms with E-state index in [4.69, 9.17) is 5.73 Å². The van der Waals surface area contributed by atoms with E-state index in [0.717, 1.165) is 5.56 Å². The van der Waals surface area contributed by atoms with Crippen LogP contribution in [0.2, 0.25) is 0 Å². The predicted octanol–water partition coefficient (Wildman–Crippen LogP) is 0.131. The molecule has 0 spiro atoms. The van der Waals surface area contributed by atoms with Crippen LogP contribution in [0.5, 0.6) is 0 Å². The van der Waals surface area contributed by atoms with E-state index in [2.05, 4.69) is 15.4 Å². The third-order valence-corrected chi connectivity index (χ3v) is 2.51. The molecule has 1 atom stereocenters. The van der Waals surface area contributed by atoms with Gasteiger partial charge in [0.05, 0.1) is 6.54 Å². The molecule has 0 aliphatic rings. The average Bonchev–Trinajstić information content (AvgIpc) is 2.82. The third kappa shape index (κ3) is 2.92. The number of nitrogens with two attached hydrogens (primary N) is 1. The Morgan fingerprint density at radius 1 is 1.44 bits per heavy atom. The maximum atomic E-state index is 11.8. The molecule has 0 unspecified atom stereocenters. The zero-order valence-electron chi connectivity index (χ0n) is 10.1. The molecule has 0 saturated carbocycles. The molecule has 1 aromatic carbocycles. The van der Waals surface area contributed by atoms with Crippen LogP contribution in [0, 0.1) is 0 Å². The molecule has 2 rings (SSSR count). The van der Waals surface area contributed by atoms with Gasteiger partial charge in [-0.05, 0) is 5.56 Å². The second-order valence-electron chi connectivity index (χ2n) is 3.94. The molecule has 6 nitrogen and oxygen atoms in total. The summed E-state index contributed by atoms with van der Waals surface area (Å²) in [6.07, 6.45) is 1.58. The van der Waals surface area contributed by atoms with Crippen molar-refractivity contribution >= 4 is 5.91 Å². The van der Waals surface area contributed by atoms with Gasteiger partial charge in [0, 0.05) is 7.05 Å². The Balaban J connectivity index is 1.92. The summed E-state index contributed by atoms with van der Waals surface area (Å²) in [4.78, 5) is 15.8. The minimum Gasteiger partial charge on any atom is -0.347 e. The molecule has 6 heteroatoms. The molecule has 3 N–H and O–H groups in total. The number of amides is 1. The SMILES string of the molecule is Cn1cnc(CNC(=O)[C@@H](N)c2ccccc2)n1. The van der Waals surface area contributed by atoms with Gasteiger partial charge in [0.25, 0.3) is 0 Å². The number of aryl methyl sites for hydroxylation is 1. The topological polar surface area (TPSA) is 85.8 Å². The summed E-state index contributed by atoms with van der Waals surface area (Å²) in [5.41, 5.74) is 6.63. The van der Waals surface area contributed by atoms with Crippen molar-refractivity contribution in [3.8, 4) is 0 Å². The lowest BCUT2D eigenvalue weighted by molar-refractivity contribution is -0.122. The quantitative estimate of drug-likeness (QED) is 0.801. The van der Waals surface area contributed by atoms with Crippen LogP contribution in [0.4, 0.5) is 0 Å². The number of nitrogens with zero attached hydrogens (tertiary/aromatic N) is 3. The molecule has 0 radical (unpaired) electrons. The molecule has 1 amide bonds. The Morgan fingerprint density at radius 2 is 2.17 bits per heavy atom. The Bertz CT molecular complexity index is 522. The second-order valence-corrected chi connectivity index (χ2v) is 3.94. The normalized spacial score (nSPS) is 12.1. The van der Waals surface area contributed by atoms with E-state index in [0.29, 0.717) is 5.82 Å². The number of aromatic nitrogens is 3. The first-order valence-corrected chi connectivity index (χ1v) is 5.59. The van der Waals surface area contributed by atoms with Crippen LogP contribution in [0.1, 0.15) is 17.4 Å². The Kier molecular flexibility index (Phi) is 3.69. The Morgan fingerprint density at radius 3 is 2.78 bits per heavy atom. The van der Waals surface area contributed by atoms with Crippen LogP contribution in [-0.2, 0) is 18.4 Å². The first-order valence-electron chi connectivity index (χ1n) is 5.59. The van der Waals surface area contributed by atoms with Crippen LogP contribution in [0.25, 0.3) is 0 Å². The van der Waals surface area contributed by atoms with Gasteiger partial charge in [-0.3, -0.25) is 9.48 Å². The zero-order valence-corrected chi connectivity index (χ0v) is 10.1. The summed E-state index contributed by atoms with van der Waals surface area (Å²) < 4.78 is 1.58. The van der Waals surface area contributed by atoms with Crippen LogP contribution < -0.4 is 11.1 Å². The molecule has 0 aliphatic heterocycles. The van der Waals surface area contributed by atoms with Gasteiger partial charge in [-0.1, -0.05) is 30.3 Å². The first kappa shape index (κ1) is 12.3. The van der Waals surface area contributed by atoms with Crippen molar-refractivity contribution in [2.45, 2.75) is 12.6 Å². The van der Waals surface area contributed by atoms with E-state index in [1.54, 1.807) is 18.1 Å². The van der Waals surface area contributed by atoms with E-state index in [-0.39, 0.29) is 12.5 Å². The fraction of sp³-hybridized carbons (Fsp3) is 0.250. The summed E-state index contributed by atoms with van der Waals surface area (Å²) in [6, 6.07) is 8.55. The van der Waals surface area contributed by atoms with Crippen molar-refractivity contribution in [2.24, 2.45) is 12.8 Å². The Labute approximate surface area is 105 Å². The van der Waals surface area contributed by atoms with Crippen molar-refractivity contribution in [2.75, 3.05) is 0 Å². The van der Waals surface area contributed by atoms with Crippen LogP contribution in [-0.4, -0.2) is 20.7 Å². The Hall–Kier alpha value is -2.21. The van der Waals surface area contributed by atoms with Gasteiger partial charge in [-0.15, -0.1) is 0 Å². The fourth-order valence-electron chi connectivity index (χ4n) is 1.55. The average molecular weight is 245 g/mol. The lowest BCUT2D eigenvalue weighted by Crippen LogP contribution is -2.33. The smallest absolute Gasteiger partial charge is 0.241 e. The third-order valence-electron chi connectivity index (χ3n) is 2.51. The maximum Gasteiger partial charge on any atom is 0.241 e. The van der Waals surface area contributed by atoms with Crippen LogP contribution in [0.15, 0.2) is 36.7 Å². The molecule has 1 aromatic heterocycles. The summed E-state index contributed by atoms with van der Waals surface area (Å²) in [7, 11) is 1.77. The van der Waals surface area contributed by atoms with Crippen molar-refractivity contribution in [3.05, 3.63) is 48.0 Å². The molecule has 2 aromatic rings. The lowest BCUT2D eigenvalue weighted by atomic mass is 10.1. The number of rotatable bonds is 4. The second kappa shape index (κ2) is 5.42. The molecule has 18 heavy (non-hydrogen) atoms. The van der Waals surface area contributed by atoms with Gasteiger partial charge in [-0.25, -0.2) is 4.98 Å². The minimum atomic E-state index is -0.671. The summed E-state index contributed by atoms with van der Waals surface area (Å²) in [5, 5.41) is 6.77. The van der Waals surface area contributed by atoms with Gasteiger partial charge >= 0.3 is 0 Å². The highest BCUT2D eigenvalue weighted by Crippen LogP contribution is 2.09. The molecule has 1 heterocycles. The van der Waals surface area contributed by atoms with Gasteiger partial charge in [0.15, 0.2) is 5.82 Å². The molecular weight excluding hydrogens is 230 g/mol. The van der Waals surface area contributed by atoms with Crippen LogP contribution in [0.3, 0.4) is 0 Å². The monoisotopic (exact) mass is 245 g/mol.